The van der Waals surface area contributed by atoms with Gasteiger partial charge >= 0.3 is 11.9 Å². The lowest BCUT2D eigenvalue weighted by Crippen LogP contribution is -2.15. The van der Waals surface area contributed by atoms with Crippen LogP contribution in [0, 0.1) is 11.8 Å². The van der Waals surface area contributed by atoms with Crippen molar-refractivity contribution in [1.29, 1.82) is 0 Å². The average molecular weight is 391 g/mol. The molecule has 2 atom stereocenters. The van der Waals surface area contributed by atoms with Crippen molar-refractivity contribution in [1.82, 2.24) is 0 Å². The molecular formula is C24H38O4. The third-order valence-electron chi connectivity index (χ3n) is 5.34. The molecule has 0 aliphatic heterocycles. The van der Waals surface area contributed by atoms with Crippen LogP contribution in [0.15, 0.2) is 24.3 Å². The van der Waals surface area contributed by atoms with Gasteiger partial charge in [0.1, 0.15) is 0 Å². The summed E-state index contributed by atoms with van der Waals surface area (Å²) >= 11 is 0. The van der Waals surface area contributed by atoms with Crippen molar-refractivity contribution in [2.45, 2.75) is 79.1 Å². The van der Waals surface area contributed by atoms with Crippen molar-refractivity contribution in [2.24, 2.45) is 11.8 Å². The molecule has 0 unspecified atom stereocenters. The Balaban J connectivity index is 2.50. The van der Waals surface area contributed by atoms with E-state index in [4.69, 9.17) is 9.47 Å². The largest absolute Gasteiger partial charge is 0.462 e. The van der Waals surface area contributed by atoms with E-state index in [-0.39, 0.29) is 11.9 Å². The van der Waals surface area contributed by atoms with Crippen molar-refractivity contribution >= 4 is 11.9 Å². The average Bonchev–Trinajstić information content (AvgIpc) is 2.73. The van der Waals surface area contributed by atoms with Crippen LogP contribution in [0.5, 0.6) is 0 Å². The number of hydrogen-bond donors (Lipinski definition) is 0. The first kappa shape index (κ1) is 24.2. The minimum absolute atomic E-state index is 0.333. The fourth-order valence-corrected chi connectivity index (χ4v) is 3.09. The highest BCUT2D eigenvalue weighted by molar-refractivity contribution is 5.93. The number of ether oxygens (including phenoxy) is 2. The second-order valence-corrected chi connectivity index (χ2v) is 7.61. The Hall–Kier alpha value is -1.84. The summed E-state index contributed by atoms with van der Waals surface area (Å²) < 4.78 is 10.9. The Morgan fingerprint density at radius 3 is 1.36 bits per heavy atom. The summed E-state index contributed by atoms with van der Waals surface area (Å²) in [5.41, 5.74) is 0.938. The van der Waals surface area contributed by atoms with E-state index in [1.165, 1.54) is 0 Å². The first-order valence-electron chi connectivity index (χ1n) is 11.0. The molecule has 0 aromatic heterocycles. The highest BCUT2D eigenvalue weighted by atomic mass is 16.5. The van der Waals surface area contributed by atoms with Gasteiger partial charge in [-0.3, -0.25) is 0 Å². The van der Waals surface area contributed by atoms with Crippen LogP contribution in [-0.4, -0.2) is 25.2 Å². The van der Waals surface area contributed by atoms with Crippen LogP contribution < -0.4 is 0 Å². The number of unbranched alkanes of at least 4 members (excludes halogenated alkanes) is 2. The summed E-state index contributed by atoms with van der Waals surface area (Å²) in [4.78, 5) is 24.5. The maximum absolute atomic E-state index is 12.2. The first-order valence-corrected chi connectivity index (χ1v) is 11.0. The van der Waals surface area contributed by atoms with E-state index in [0.29, 0.717) is 36.2 Å². The van der Waals surface area contributed by atoms with Gasteiger partial charge in [-0.15, -0.1) is 0 Å². The molecule has 1 aromatic carbocycles. The van der Waals surface area contributed by atoms with Crippen LogP contribution in [0.1, 0.15) is 99.8 Å². The molecule has 0 heterocycles. The van der Waals surface area contributed by atoms with Gasteiger partial charge in [-0.05, 0) is 48.9 Å². The van der Waals surface area contributed by atoms with E-state index in [1.54, 1.807) is 24.3 Å². The molecule has 0 N–H and O–H groups in total. The summed E-state index contributed by atoms with van der Waals surface area (Å²) in [6.07, 6.45) is 8.81. The molecule has 0 aliphatic carbocycles. The normalized spacial score (nSPS) is 13.0. The first-order chi connectivity index (χ1) is 13.5. The zero-order valence-corrected chi connectivity index (χ0v) is 18.2. The Labute approximate surface area is 171 Å². The maximum atomic E-state index is 12.2. The smallest absolute Gasteiger partial charge is 0.338 e. The van der Waals surface area contributed by atoms with Gasteiger partial charge in [-0.2, -0.15) is 0 Å². The molecule has 0 bridgehead atoms. The fourth-order valence-electron chi connectivity index (χ4n) is 3.09. The lowest BCUT2D eigenvalue weighted by atomic mass is 10.0. The predicted octanol–water partition coefficient (Wildman–Crippen LogP) is 6.43. The number of carbonyl (C=O) groups excluding carboxylic acids is 2. The molecule has 0 radical (unpaired) electrons. The van der Waals surface area contributed by atoms with Crippen LogP contribution in [0.25, 0.3) is 0 Å². The molecule has 158 valence electrons. The third-order valence-corrected chi connectivity index (χ3v) is 5.34. The summed E-state index contributed by atoms with van der Waals surface area (Å²) in [5, 5.41) is 0. The van der Waals surface area contributed by atoms with Crippen LogP contribution in [0.3, 0.4) is 0 Å². The van der Waals surface area contributed by atoms with Crippen LogP contribution in [0.4, 0.5) is 0 Å². The van der Waals surface area contributed by atoms with Crippen molar-refractivity contribution in [3.63, 3.8) is 0 Å². The van der Waals surface area contributed by atoms with Crippen molar-refractivity contribution in [2.75, 3.05) is 13.2 Å². The summed E-state index contributed by atoms with van der Waals surface area (Å²) in [7, 11) is 0. The SMILES string of the molecule is CCCC[C@@H](CC)COC(=O)c1ccc(C(=O)OC[C@@H](CC)CCCC)cc1. The number of rotatable bonds is 14. The zero-order valence-electron chi connectivity index (χ0n) is 18.2. The number of carbonyl (C=O) groups is 2. The van der Waals surface area contributed by atoms with Crippen LogP contribution in [-0.2, 0) is 9.47 Å². The molecule has 0 fully saturated rings. The van der Waals surface area contributed by atoms with Gasteiger partial charge in [0.25, 0.3) is 0 Å². The highest BCUT2D eigenvalue weighted by Crippen LogP contribution is 2.16. The van der Waals surface area contributed by atoms with E-state index in [0.717, 1.165) is 51.4 Å². The summed E-state index contributed by atoms with van der Waals surface area (Å²) in [5.74, 6) is 0.163. The molecule has 0 amide bonds. The zero-order chi connectivity index (χ0) is 20.8. The standard InChI is InChI=1S/C24H38O4/c1-5-9-11-19(7-3)17-27-23(25)21-13-15-22(16-14-21)24(26)28-18-20(8-4)12-10-6-2/h13-16,19-20H,5-12,17-18H2,1-4H3/t19-,20+. The second-order valence-electron chi connectivity index (χ2n) is 7.61. The molecule has 1 rings (SSSR count). The Kier molecular flexibility index (Phi) is 12.3. The summed E-state index contributed by atoms with van der Waals surface area (Å²) in [6.45, 7) is 9.49. The fraction of sp³-hybridized carbons (Fsp3) is 0.667. The minimum atomic E-state index is -0.333. The Bertz CT molecular complexity index is 513. The Morgan fingerprint density at radius 2 is 1.07 bits per heavy atom. The number of esters is 2. The van der Waals surface area contributed by atoms with Gasteiger partial charge in [-0.25, -0.2) is 9.59 Å². The van der Waals surface area contributed by atoms with E-state index in [9.17, 15) is 9.59 Å². The van der Waals surface area contributed by atoms with E-state index in [1.807, 2.05) is 0 Å². The van der Waals surface area contributed by atoms with Gasteiger partial charge in [0.05, 0.1) is 24.3 Å². The second kappa shape index (κ2) is 14.2. The van der Waals surface area contributed by atoms with Crippen molar-refractivity contribution in [3.05, 3.63) is 35.4 Å². The highest BCUT2D eigenvalue weighted by Gasteiger charge is 2.15. The molecule has 0 spiro atoms. The number of hydrogen-bond acceptors (Lipinski definition) is 4. The van der Waals surface area contributed by atoms with E-state index in [2.05, 4.69) is 27.7 Å². The molecule has 4 heteroatoms. The lowest BCUT2D eigenvalue weighted by molar-refractivity contribution is 0.0414. The van der Waals surface area contributed by atoms with Gasteiger partial charge < -0.3 is 9.47 Å². The van der Waals surface area contributed by atoms with Crippen molar-refractivity contribution in [3.8, 4) is 0 Å². The molecular weight excluding hydrogens is 352 g/mol. The van der Waals surface area contributed by atoms with Crippen LogP contribution >= 0.6 is 0 Å². The molecule has 0 saturated carbocycles. The monoisotopic (exact) mass is 390 g/mol. The van der Waals surface area contributed by atoms with E-state index >= 15 is 0 Å². The predicted molar refractivity (Wildman–Crippen MR) is 114 cm³/mol. The number of benzene rings is 1. The topological polar surface area (TPSA) is 52.6 Å². The Morgan fingerprint density at radius 1 is 0.714 bits per heavy atom. The van der Waals surface area contributed by atoms with Gasteiger partial charge in [-0.1, -0.05) is 66.2 Å². The van der Waals surface area contributed by atoms with Gasteiger partial charge in [0.2, 0.25) is 0 Å². The van der Waals surface area contributed by atoms with Gasteiger partial charge in [0.15, 0.2) is 0 Å². The van der Waals surface area contributed by atoms with Gasteiger partial charge in [0, 0.05) is 0 Å². The molecule has 0 aliphatic rings. The third kappa shape index (κ3) is 8.90. The quantitative estimate of drug-likeness (QED) is 0.343. The molecule has 0 saturated heterocycles. The minimum Gasteiger partial charge on any atom is -0.462 e. The molecule has 28 heavy (non-hydrogen) atoms. The maximum Gasteiger partial charge on any atom is 0.338 e. The van der Waals surface area contributed by atoms with E-state index < -0.39 is 0 Å². The molecule has 1 aromatic rings. The van der Waals surface area contributed by atoms with Crippen molar-refractivity contribution < 1.29 is 19.1 Å². The van der Waals surface area contributed by atoms with Crippen LogP contribution in [0.2, 0.25) is 0 Å². The lowest BCUT2D eigenvalue weighted by Gasteiger charge is -2.15. The molecule has 4 nitrogen and oxygen atoms in total. The summed E-state index contributed by atoms with van der Waals surface area (Å²) in [6, 6.07) is 6.56.